The predicted octanol–water partition coefficient (Wildman–Crippen LogP) is 4.24. The van der Waals surface area contributed by atoms with Crippen LogP contribution < -0.4 is 5.32 Å². The van der Waals surface area contributed by atoms with Crippen molar-refractivity contribution in [3.63, 3.8) is 0 Å². The average Bonchev–Trinajstić information content (AvgIpc) is 2.41. The molecule has 0 bridgehead atoms. The summed E-state index contributed by atoms with van der Waals surface area (Å²) in [5.74, 6) is 0. The summed E-state index contributed by atoms with van der Waals surface area (Å²) in [6, 6.07) is 6.27. The molecular weight excluding hydrogens is 291 g/mol. The van der Waals surface area contributed by atoms with Crippen LogP contribution in [0.3, 0.4) is 0 Å². The molecule has 0 saturated carbocycles. The Balaban J connectivity index is 2.99. The third kappa shape index (κ3) is 4.11. The summed E-state index contributed by atoms with van der Waals surface area (Å²) >= 11 is 12.1. The fourth-order valence-corrected chi connectivity index (χ4v) is 2.86. The first kappa shape index (κ1) is 17.8. The van der Waals surface area contributed by atoms with Crippen LogP contribution >= 0.6 is 23.2 Å². The summed E-state index contributed by atoms with van der Waals surface area (Å²) in [7, 11) is 4.28. The second-order valence-corrected chi connectivity index (χ2v) is 6.48. The molecule has 4 heteroatoms. The highest BCUT2D eigenvalue weighted by atomic mass is 35.5. The van der Waals surface area contributed by atoms with E-state index >= 15 is 0 Å². The molecule has 1 N–H and O–H groups in total. The van der Waals surface area contributed by atoms with Crippen LogP contribution in [0.1, 0.15) is 32.8 Å². The maximum Gasteiger partial charge on any atom is 0.0595 e. The summed E-state index contributed by atoms with van der Waals surface area (Å²) in [5, 5.41) is 4.86. The van der Waals surface area contributed by atoms with Crippen LogP contribution in [0.25, 0.3) is 0 Å². The van der Waals surface area contributed by atoms with Gasteiger partial charge in [0.05, 0.1) is 10.0 Å². The number of halogens is 2. The lowest BCUT2D eigenvalue weighted by Crippen LogP contribution is -2.57. The van der Waals surface area contributed by atoms with Gasteiger partial charge in [0.2, 0.25) is 0 Å². The first-order valence-corrected chi connectivity index (χ1v) is 7.95. The van der Waals surface area contributed by atoms with E-state index in [1.807, 2.05) is 12.1 Å². The van der Waals surface area contributed by atoms with Gasteiger partial charge in [-0.1, -0.05) is 43.1 Å². The minimum Gasteiger partial charge on any atom is -0.312 e. The zero-order valence-corrected chi connectivity index (χ0v) is 14.6. The van der Waals surface area contributed by atoms with Crippen molar-refractivity contribution in [1.29, 1.82) is 0 Å². The fourth-order valence-electron chi connectivity index (χ4n) is 2.53. The van der Waals surface area contributed by atoms with Gasteiger partial charge in [-0.3, -0.25) is 0 Å². The highest BCUT2D eigenvalue weighted by Gasteiger charge is 2.34. The Morgan fingerprint density at radius 2 is 1.85 bits per heavy atom. The third-order valence-corrected chi connectivity index (χ3v) is 5.10. The number of likely N-dealkylation sites (N-methyl/N-ethyl adjacent to an activating group) is 2. The van der Waals surface area contributed by atoms with Crippen molar-refractivity contribution in [3.8, 4) is 0 Å². The standard InChI is InChI=1S/C16H26Cl2N2/c1-6-16(3,20(4)5)15(19-7-2)11-12-8-9-13(17)14(18)10-12/h8-10,15,19H,6-7,11H2,1-5H3. The van der Waals surface area contributed by atoms with Crippen molar-refractivity contribution < 1.29 is 0 Å². The van der Waals surface area contributed by atoms with Crippen LogP contribution in [0, 0.1) is 0 Å². The van der Waals surface area contributed by atoms with Crippen molar-refractivity contribution in [3.05, 3.63) is 33.8 Å². The molecule has 0 radical (unpaired) electrons. The monoisotopic (exact) mass is 316 g/mol. The van der Waals surface area contributed by atoms with Crippen LogP contribution in [-0.2, 0) is 6.42 Å². The number of benzene rings is 1. The van der Waals surface area contributed by atoms with Crippen LogP contribution in [-0.4, -0.2) is 37.1 Å². The summed E-state index contributed by atoms with van der Waals surface area (Å²) in [5.41, 5.74) is 1.31. The molecule has 1 aromatic carbocycles. The normalized spacial score (nSPS) is 16.2. The Morgan fingerprint density at radius 3 is 2.30 bits per heavy atom. The fraction of sp³-hybridized carbons (Fsp3) is 0.625. The molecule has 0 aliphatic heterocycles. The van der Waals surface area contributed by atoms with Gasteiger partial charge < -0.3 is 10.2 Å². The molecule has 0 fully saturated rings. The molecule has 0 amide bonds. The lowest BCUT2D eigenvalue weighted by molar-refractivity contribution is 0.113. The van der Waals surface area contributed by atoms with Crippen LogP contribution in [0.2, 0.25) is 10.0 Å². The van der Waals surface area contributed by atoms with E-state index in [9.17, 15) is 0 Å². The average molecular weight is 317 g/mol. The Bertz CT molecular complexity index is 434. The maximum atomic E-state index is 6.12. The summed E-state index contributed by atoms with van der Waals surface area (Å²) in [6.45, 7) is 7.64. The molecule has 2 nitrogen and oxygen atoms in total. The second-order valence-electron chi connectivity index (χ2n) is 5.67. The number of nitrogens with zero attached hydrogens (tertiary/aromatic N) is 1. The first-order chi connectivity index (χ1) is 9.35. The first-order valence-electron chi connectivity index (χ1n) is 7.19. The topological polar surface area (TPSA) is 15.3 Å². The molecule has 0 aromatic heterocycles. The van der Waals surface area contributed by atoms with Gasteiger partial charge in [-0.15, -0.1) is 0 Å². The number of rotatable bonds is 7. The summed E-state index contributed by atoms with van der Waals surface area (Å²) in [6.07, 6.45) is 2.02. The van der Waals surface area contributed by atoms with E-state index in [0.717, 1.165) is 19.4 Å². The van der Waals surface area contributed by atoms with E-state index in [2.05, 4.69) is 51.1 Å². The van der Waals surface area contributed by atoms with Crippen LogP contribution in [0.5, 0.6) is 0 Å². The van der Waals surface area contributed by atoms with Crippen molar-refractivity contribution in [2.75, 3.05) is 20.6 Å². The minimum absolute atomic E-state index is 0.0993. The molecule has 1 aromatic rings. The molecule has 0 saturated heterocycles. The molecule has 2 unspecified atom stereocenters. The smallest absolute Gasteiger partial charge is 0.0595 e. The van der Waals surface area contributed by atoms with Gasteiger partial charge in [-0.25, -0.2) is 0 Å². The molecule has 20 heavy (non-hydrogen) atoms. The van der Waals surface area contributed by atoms with Crippen molar-refractivity contribution in [1.82, 2.24) is 10.2 Å². The van der Waals surface area contributed by atoms with Crippen molar-refractivity contribution in [2.45, 2.75) is 45.2 Å². The largest absolute Gasteiger partial charge is 0.312 e. The summed E-state index contributed by atoms with van der Waals surface area (Å²) < 4.78 is 0. The zero-order chi connectivity index (χ0) is 15.3. The predicted molar refractivity (Wildman–Crippen MR) is 90.0 cm³/mol. The van der Waals surface area contributed by atoms with Crippen molar-refractivity contribution in [2.24, 2.45) is 0 Å². The molecule has 0 aliphatic rings. The lowest BCUT2D eigenvalue weighted by atomic mass is 9.84. The van der Waals surface area contributed by atoms with Gasteiger partial charge in [0.1, 0.15) is 0 Å². The van der Waals surface area contributed by atoms with Gasteiger partial charge in [0.15, 0.2) is 0 Å². The van der Waals surface area contributed by atoms with E-state index in [1.54, 1.807) is 0 Å². The second kappa shape index (κ2) is 7.65. The van der Waals surface area contributed by atoms with E-state index < -0.39 is 0 Å². The number of nitrogens with one attached hydrogen (secondary N) is 1. The SMILES string of the molecule is CCNC(Cc1ccc(Cl)c(Cl)c1)C(C)(CC)N(C)C. The molecule has 0 heterocycles. The van der Waals surface area contributed by atoms with Gasteiger partial charge in [-0.05, 0) is 58.1 Å². The van der Waals surface area contributed by atoms with E-state index in [4.69, 9.17) is 23.2 Å². The number of hydrogen-bond donors (Lipinski definition) is 1. The zero-order valence-electron chi connectivity index (χ0n) is 13.1. The Hall–Kier alpha value is -0.280. The number of hydrogen-bond acceptors (Lipinski definition) is 2. The lowest BCUT2D eigenvalue weighted by Gasteiger charge is -2.43. The van der Waals surface area contributed by atoms with Gasteiger partial charge in [0.25, 0.3) is 0 Å². The molecule has 0 aliphatic carbocycles. The van der Waals surface area contributed by atoms with Gasteiger partial charge in [0, 0.05) is 11.6 Å². The summed E-state index contributed by atoms with van der Waals surface area (Å²) in [4.78, 5) is 2.30. The minimum atomic E-state index is 0.0993. The van der Waals surface area contributed by atoms with Crippen LogP contribution in [0.15, 0.2) is 18.2 Å². The van der Waals surface area contributed by atoms with E-state index in [-0.39, 0.29) is 5.54 Å². The quantitative estimate of drug-likeness (QED) is 0.809. The van der Waals surface area contributed by atoms with Gasteiger partial charge >= 0.3 is 0 Å². The molecule has 2 atom stereocenters. The highest BCUT2D eigenvalue weighted by Crippen LogP contribution is 2.27. The third-order valence-electron chi connectivity index (χ3n) is 4.36. The van der Waals surface area contributed by atoms with E-state index in [0.29, 0.717) is 16.1 Å². The Labute approximate surface area is 133 Å². The van der Waals surface area contributed by atoms with Crippen LogP contribution in [0.4, 0.5) is 0 Å². The molecular formula is C16H26Cl2N2. The maximum absolute atomic E-state index is 6.12. The van der Waals surface area contributed by atoms with Gasteiger partial charge in [-0.2, -0.15) is 0 Å². The Morgan fingerprint density at radius 1 is 1.20 bits per heavy atom. The molecule has 0 spiro atoms. The highest BCUT2D eigenvalue weighted by molar-refractivity contribution is 6.42. The van der Waals surface area contributed by atoms with E-state index in [1.165, 1.54) is 5.56 Å². The molecule has 1 rings (SSSR count). The Kier molecular flexibility index (Phi) is 6.80. The van der Waals surface area contributed by atoms with Crippen molar-refractivity contribution >= 4 is 23.2 Å². The molecule has 114 valence electrons.